The van der Waals surface area contributed by atoms with Crippen molar-refractivity contribution in [1.82, 2.24) is 25.1 Å². The molecule has 18 heavy (non-hydrogen) atoms. The van der Waals surface area contributed by atoms with Crippen LogP contribution in [0, 0.1) is 0 Å². The Morgan fingerprint density at radius 2 is 2.33 bits per heavy atom. The maximum Gasteiger partial charge on any atom is 0.239 e. The number of aromatic nitrogens is 4. The number of anilines is 1. The second-order valence-electron chi connectivity index (χ2n) is 3.61. The van der Waals surface area contributed by atoms with Crippen molar-refractivity contribution in [1.29, 1.82) is 0 Å². The van der Waals surface area contributed by atoms with Gasteiger partial charge in [0.25, 0.3) is 0 Å². The molecule has 1 amide bonds. The number of carbonyl (C=O) groups excluding carboxylic acids is 1. The lowest BCUT2D eigenvalue weighted by atomic mass is 10.4. The monoisotopic (exact) mass is 270 g/mol. The average Bonchev–Trinajstić information content (AvgIpc) is 2.87. The van der Waals surface area contributed by atoms with Crippen LogP contribution < -0.4 is 10.6 Å². The maximum absolute atomic E-state index is 11.3. The van der Waals surface area contributed by atoms with Gasteiger partial charge in [-0.15, -0.1) is 12.4 Å². The number of amides is 1. The molecule has 8 heteroatoms. The molecule has 0 atom stereocenters. The zero-order valence-electron chi connectivity index (χ0n) is 10.1. The molecule has 0 aromatic carbocycles. The van der Waals surface area contributed by atoms with Crippen molar-refractivity contribution in [3.05, 3.63) is 18.5 Å². The molecule has 0 aliphatic carbocycles. The summed E-state index contributed by atoms with van der Waals surface area (Å²) in [7, 11) is 3.60. The van der Waals surface area contributed by atoms with Crippen LogP contribution in [0.4, 0.5) is 5.82 Å². The van der Waals surface area contributed by atoms with Crippen molar-refractivity contribution in [3.8, 4) is 11.5 Å². The van der Waals surface area contributed by atoms with E-state index >= 15 is 0 Å². The molecule has 7 nitrogen and oxygen atoms in total. The number of aromatic amines is 1. The summed E-state index contributed by atoms with van der Waals surface area (Å²) in [6, 6.07) is 1.75. The lowest BCUT2D eigenvalue weighted by Gasteiger charge is -1.99. The Bertz CT molecular complexity index is 520. The second kappa shape index (κ2) is 6.18. The Morgan fingerprint density at radius 3 is 2.94 bits per heavy atom. The fraction of sp³-hybridized carbons (Fsp3) is 0.300. The van der Waals surface area contributed by atoms with Gasteiger partial charge in [0.1, 0.15) is 5.69 Å². The minimum Gasteiger partial charge on any atom is -0.333 e. The van der Waals surface area contributed by atoms with Crippen LogP contribution in [0.3, 0.4) is 0 Å². The van der Waals surface area contributed by atoms with Crippen LogP contribution in [-0.4, -0.2) is 39.2 Å². The first-order valence-corrected chi connectivity index (χ1v) is 5.18. The van der Waals surface area contributed by atoms with E-state index in [2.05, 4.69) is 25.8 Å². The molecule has 0 fully saturated rings. The summed E-state index contributed by atoms with van der Waals surface area (Å²) in [5.41, 5.74) is 0.761. The number of aryl methyl sites for hydroxylation is 1. The highest BCUT2D eigenvalue weighted by molar-refractivity contribution is 5.91. The van der Waals surface area contributed by atoms with Crippen LogP contribution in [0.5, 0.6) is 0 Å². The van der Waals surface area contributed by atoms with Crippen LogP contribution in [-0.2, 0) is 11.8 Å². The molecule has 0 saturated heterocycles. The van der Waals surface area contributed by atoms with E-state index in [-0.39, 0.29) is 24.9 Å². The van der Waals surface area contributed by atoms with Gasteiger partial charge in [-0.05, 0) is 7.05 Å². The third-order valence-electron chi connectivity index (χ3n) is 2.24. The summed E-state index contributed by atoms with van der Waals surface area (Å²) in [6.07, 6.45) is 3.55. The van der Waals surface area contributed by atoms with Gasteiger partial charge < -0.3 is 15.2 Å². The predicted molar refractivity (Wildman–Crippen MR) is 70.6 cm³/mol. The largest absolute Gasteiger partial charge is 0.333 e. The third-order valence-corrected chi connectivity index (χ3v) is 2.24. The first-order chi connectivity index (χ1) is 8.20. The summed E-state index contributed by atoms with van der Waals surface area (Å²) >= 11 is 0. The Morgan fingerprint density at radius 1 is 1.56 bits per heavy atom. The van der Waals surface area contributed by atoms with Gasteiger partial charge >= 0.3 is 0 Å². The highest BCUT2D eigenvalue weighted by Crippen LogP contribution is 2.16. The van der Waals surface area contributed by atoms with Crippen molar-refractivity contribution in [2.45, 2.75) is 0 Å². The quantitative estimate of drug-likeness (QED) is 0.750. The Kier molecular flexibility index (Phi) is 4.87. The normalized spacial score (nSPS) is 9.89. The Labute approximate surface area is 110 Å². The van der Waals surface area contributed by atoms with Crippen molar-refractivity contribution >= 4 is 24.1 Å². The molecule has 3 N–H and O–H groups in total. The summed E-state index contributed by atoms with van der Waals surface area (Å²) in [5, 5.41) is 12.3. The van der Waals surface area contributed by atoms with Crippen LogP contribution in [0.2, 0.25) is 0 Å². The fourth-order valence-electron chi connectivity index (χ4n) is 1.47. The van der Waals surface area contributed by atoms with Crippen molar-refractivity contribution < 1.29 is 4.79 Å². The molecule has 0 spiro atoms. The van der Waals surface area contributed by atoms with Crippen molar-refractivity contribution in [2.75, 3.05) is 18.9 Å². The van der Waals surface area contributed by atoms with Gasteiger partial charge in [-0.2, -0.15) is 5.10 Å². The van der Waals surface area contributed by atoms with Gasteiger partial charge in [-0.3, -0.25) is 9.89 Å². The minimum atomic E-state index is -0.134. The lowest BCUT2D eigenvalue weighted by Crippen LogP contribution is -2.25. The van der Waals surface area contributed by atoms with Crippen molar-refractivity contribution in [2.24, 2.45) is 7.05 Å². The molecule has 0 aliphatic rings. The Balaban J connectivity index is 0.00000162. The third kappa shape index (κ3) is 3.08. The highest BCUT2D eigenvalue weighted by Gasteiger charge is 2.09. The van der Waals surface area contributed by atoms with E-state index < -0.39 is 0 Å². The molecule has 2 rings (SSSR count). The van der Waals surface area contributed by atoms with E-state index in [9.17, 15) is 4.79 Å². The number of hydrogen-bond donors (Lipinski definition) is 3. The van der Waals surface area contributed by atoms with Gasteiger partial charge in [0, 0.05) is 25.5 Å². The van der Waals surface area contributed by atoms with Crippen LogP contribution in [0.25, 0.3) is 11.5 Å². The standard InChI is InChI=1S/C10H14N6O.ClH/c1-11-6-9(17)13-8-5-7(14-15-8)10-12-3-4-16(10)2;/h3-5,11H,6H2,1-2H3,(H2,13,14,15,17);1H. The van der Waals surface area contributed by atoms with E-state index in [0.29, 0.717) is 5.82 Å². The highest BCUT2D eigenvalue weighted by atomic mass is 35.5. The van der Waals surface area contributed by atoms with Gasteiger partial charge in [-0.25, -0.2) is 4.98 Å². The number of halogens is 1. The van der Waals surface area contributed by atoms with Crippen LogP contribution >= 0.6 is 12.4 Å². The zero-order valence-corrected chi connectivity index (χ0v) is 10.9. The lowest BCUT2D eigenvalue weighted by molar-refractivity contribution is -0.115. The van der Waals surface area contributed by atoms with E-state index in [1.54, 1.807) is 19.3 Å². The number of likely N-dealkylation sites (N-methyl/N-ethyl adjacent to an activating group) is 1. The number of imidazole rings is 1. The summed E-state index contributed by atoms with van der Waals surface area (Å²) in [5.74, 6) is 1.13. The maximum atomic E-state index is 11.3. The molecule has 2 aromatic rings. The molecular weight excluding hydrogens is 256 g/mol. The number of carbonyl (C=O) groups is 1. The molecule has 98 valence electrons. The van der Waals surface area contributed by atoms with Gasteiger partial charge in [0.2, 0.25) is 5.91 Å². The number of rotatable bonds is 4. The van der Waals surface area contributed by atoms with Gasteiger partial charge in [-0.1, -0.05) is 0 Å². The number of hydrogen-bond acceptors (Lipinski definition) is 4. The average molecular weight is 271 g/mol. The molecular formula is C10H15ClN6O. The summed E-state index contributed by atoms with van der Waals surface area (Å²) in [6.45, 7) is 0.255. The Hall–Kier alpha value is -1.86. The molecule has 0 saturated carbocycles. The van der Waals surface area contributed by atoms with Crippen molar-refractivity contribution in [3.63, 3.8) is 0 Å². The van der Waals surface area contributed by atoms with E-state index in [0.717, 1.165) is 11.5 Å². The number of H-pyrrole nitrogens is 1. The summed E-state index contributed by atoms with van der Waals surface area (Å²) < 4.78 is 1.87. The second-order valence-corrected chi connectivity index (χ2v) is 3.61. The molecule has 0 radical (unpaired) electrons. The number of nitrogens with one attached hydrogen (secondary N) is 3. The molecule has 0 bridgehead atoms. The summed E-state index contributed by atoms with van der Waals surface area (Å²) in [4.78, 5) is 15.5. The van der Waals surface area contributed by atoms with Crippen LogP contribution in [0.1, 0.15) is 0 Å². The number of nitrogens with zero attached hydrogens (tertiary/aromatic N) is 3. The topological polar surface area (TPSA) is 87.6 Å². The minimum absolute atomic E-state index is 0. The predicted octanol–water partition coefficient (Wildman–Crippen LogP) is 0.390. The van der Waals surface area contributed by atoms with Gasteiger partial charge in [0.05, 0.1) is 6.54 Å². The molecule has 2 heterocycles. The smallest absolute Gasteiger partial charge is 0.239 e. The molecule has 0 aliphatic heterocycles. The first kappa shape index (κ1) is 14.2. The zero-order chi connectivity index (χ0) is 12.3. The van der Waals surface area contributed by atoms with Gasteiger partial charge in [0.15, 0.2) is 11.6 Å². The van der Waals surface area contributed by atoms with E-state index in [1.165, 1.54) is 0 Å². The van der Waals surface area contributed by atoms with E-state index in [4.69, 9.17) is 0 Å². The fourth-order valence-corrected chi connectivity index (χ4v) is 1.47. The molecule has 0 unspecified atom stereocenters. The first-order valence-electron chi connectivity index (χ1n) is 5.18. The SMILES string of the molecule is CNCC(=O)Nc1cc(-c2nccn2C)[nH]n1.Cl. The van der Waals surface area contributed by atoms with E-state index in [1.807, 2.05) is 17.8 Å². The molecule has 2 aromatic heterocycles. The van der Waals surface area contributed by atoms with Crippen LogP contribution in [0.15, 0.2) is 18.5 Å².